The van der Waals surface area contributed by atoms with Gasteiger partial charge in [-0.2, -0.15) is 0 Å². The Morgan fingerprint density at radius 2 is 2.00 bits per heavy atom. The van der Waals surface area contributed by atoms with Crippen LogP contribution in [0.2, 0.25) is 5.02 Å². The lowest BCUT2D eigenvalue weighted by atomic mass is 10.0. The Hall–Kier alpha value is -1.26. The molecule has 0 heterocycles. The van der Waals surface area contributed by atoms with E-state index >= 15 is 0 Å². The quantitative estimate of drug-likeness (QED) is 0.815. The highest BCUT2D eigenvalue weighted by Gasteiger charge is 2.18. The Labute approximate surface area is 119 Å². The van der Waals surface area contributed by atoms with Crippen LogP contribution in [0.15, 0.2) is 18.2 Å². The molecule has 0 aliphatic heterocycles. The molecular weight excluding hydrogens is 262 g/mol. The molecule has 0 spiro atoms. The zero-order valence-electron chi connectivity index (χ0n) is 11.9. The van der Waals surface area contributed by atoms with E-state index in [4.69, 9.17) is 17.3 Å². The van der Waals surface area contributed by atoms with Crippen molar-refractivity contribution in [1.82, 2.24) is 10.2 Å². The van der Waals surface area contributed by atoms with Gasteiger partial charge in [0.15, 0.2) is 0 Å². The van der Waals surface area contributed by atoms with Crippen LogP contribution in [-0.4, -0.2) is 37.5 Å². The molecule has 106 valence electrons. The maximum atomic E-state index is 12.2. The lowest BCUT2D eigenvalue weighted by molar-refractivity contribution is 0.0916. The minimum absolute atomic E-state index is 0.0858. The molecule has 4 nitrogen and oxygen atoms in total. The van der Waals surface area contributed by atoms with E-state index in [2.05, 4.69) is 24.1 Å². The summed E-state index contributed by atoms with van der Waals surface area (Å²) in [4.78, 5) is 14.3. The first-order valence-electron chi connectivity index (χ1n) is 6.31. The Balaban J connectivity index is 2.81. The molecule has 0 aliphatic rings. The summed E-state index contributed by atoms with van der Waals surface area (Å²) in [5.41, 5.74) is 6.68. The van der Waals surface area contributed by atoms with E-state index in [1.807, 2.05) is 14.1 Å². The number of rotatable bonds is 5. The molecule has 1 unspecified atom stereocenters. The first-order chi connectivity index (χ1) is 8.79. The molecule has 1 rings (SSSR count). The van der Waals surface area contributed by atoms with Crippen molar-refractivity contribution in [3.63, 3.8) is 0 Å². The van der Waals surface area contributed by atoms with Gasteiger partial charge in [-0.1, -0.05) is 25.4 Å². The fraction of sp³-hybridized carbons (Fsp3) is 0.500. The summed E-state index contributed by atoms with van der Waals surface area (Å²) >= 11 is 5.91. The Kier molecular flexibility index (Phi) is 5.63. The van der Waals surface area contributed by atoms with E-state index in [1.165, 1.54) is 0 Å². The van der Waals surface area contributed by atoms with Gasteiger partial charge in [0.05, 0.1) is 0 Å². The molecule has 0 saturated heterocycles. The highest BCUT2D eigenvalue weighted by molar-refractivity contribution is 6.31. The van der Waals surface area contributed by atoms with Gasteiger partial charge in [0, 0.05) is 28.9 Å². The summed E-state index contributed by atoms with van der Waals surface area (Å²) in [6.45, 7) is 4.96. The van der Waals surface area contributed by atoms with Gasteiger partial charge in [0.1, 0.15) is 0 Å². The predicted octanol–water partition coefficient (Wildman–Crippen LogP) is 2.24. The number of nitrogens with zero attached hydrogens (tertiary/aromatic N) is 1. The zero-order chi connectivity index (χ0) is 14.6. The topological polar surface area (TPSA) is 58.4 Å². The summed E-state index contributed by atoms with van der Waals surface area (Å²) in [6.07, 6.45) is 0. The second kappa shape index (κ2) is 6.78. The maximum absolute atomic E-state index is 12.2. The van der Waals surface area contributed by atoms with E-state index in [-0.39, 0.29) is 11.9 Å². The van der Waals surface area contributed by atoms with Gasteiger partial charge in [-0.15, -0.1) is 0 Å². The standard InChI is InChI=1S/C14H22ClN3O/c1-9(2)13(8-18(3)4)17-14(19)10-5-11(15)7-12(16)6-10/h5-7,9,13H,8,16H2,1-4H3,(H,17,19). The van der Waals surface area contributed by atoms with Crippen LogP contribution in [0.3, 0.4) is 0 Å². The van der Waals surface area contributed by atoms with Gasteiger partial charge in [0.2, 0.25) is 0 Å². The molecule has 0 saturated carbocycles. The number of hydrogen-bond donors (Lipinski definition) is 2. The van der Waals surface area contributed by atoms with Crippen molar-refractivity contribution in [3.8, 4) is 0 Å². The van der Waals surface area contributed by atoms with Gasteiger partial charge in [-0.25, -0.2) is 0 Å². The molecule has 0 bridgehead atoms. The summed E-state index contributed by atoms with van der Waals surface area (Å²) in [5.74, 6) is 0.206. The largest absolute Gasteiger partial charge is 0.399 e. The van der Waals surface area contributed by atoms with E-state index in [9.17, 15) is 4.79 Å². The van der Waals surface area contributed by atoms with Gasteiger partial charge in [-0.3, -0.25) is 4.79 Å². The highest BCUT2D eigenvalue weighted by atomic mass is 35.5. The van der Waals surface area contributed by atoms with Crippen LogP contribution < -0.4 is 11.1 Å². The van der Waals surface area contributed by atoms with Gasteiger partial charge >= 0.3 is 0 Å². The summed E-state index contributed by atoms with van der Waals surface area (Å²) in [7, 11) is 3.97. The number of nitrogens with two attached hydrogens (primary N) is 1. The number of hydrogen-bond acceptors (Lipinski definition) is 3. The zero-order valence-corrected chi connectivity index (χ0v) is 12.7. The van der Waals surface area contributed by atoms with Crippen molar-refractivity contribution >= 4 is 23.2 Å². The summed E-state index contributed by atoms with van der Waals surface area (Å²) in [5, 5.41) is 3.49. The van der Waals surface area contributed by atoms with Gasteiger partial charge < -0.3 is 16.0 Å². The van der Waals surface area contributed by atoms with Crippen molar-refractivity contribution in [2.45, 2.75) is 19.9 Å². The van der Waals surface area contributed by atoms with Crippen LogP contribution in [0.1, 0.15) is 24.2 Å². The van der Waals surface area contributed by atoms with Crippen LogP contribution in [0.5, 0.6) is 0 Å². The molecule has 1 amide bonds. The van der Waals surface area contributed by atoms with Crippen molar-refractivity contribution < 1.29 is 4.79 Å². The molecule has 0 aliphatic carbocycles. The number of nitrogens with one attached hydrogen (secondary N) is 1. The lowest BCUT2D eigenvalue weighted by Gasteiger charge is -2.25. The van der Waals surface area contributed by atoms with Gasteiger partial charge in [0.25, 0.3) is 5.91 Å². The molecule has 1 aromatic rings. The first-order valence-corrected chi connectivity index (χ1v) is 6.69. The van der Waals surface area contributed by atoms with E-state index < -0.39 is 0 Å². The third kappa shape index (κ3) is 5.09. The van der Waals surface area contributed by atoms with Crippen LogP contribution in [-0.2, 0) is 0 Å². The maximum Gasteiger partial charge on any atom is 0.251 e. The number of halogens is 1. The fourth-order valence-electron chi connectivity index (χ4n) is 1.81. The smallest absolute Gasteiger partial charge is 0.251 e. The third-order valence-electron chi connectivity index (χ3n) is 2.87. The molecule has 19 heavy (non-hydrogen) atoms. The number of carbonyl (C=O) groups is 1. The lowest BCUT2D eigenvalue weighted by Crippen LogP contribution is -2.45. The van der Waals surface area contributed by atoms with Crippen LogP contribution in [0, 0.1) is 5.92 Å². The average molecular weight is 284 g/mol. The molecule has 1 atom stereocenters. The molecular formula is C14H22ClN3O. The third-order valence-corrected chi connectivity index (χ3v) is 3.08. The number of amides is 1. The minimum Gasteiger partial charge on any atom is -0.399 e. The number of anilines is 1. The van der Waals surface area contributed by atoms with Crippen molar-refractivity contribution in [2.75, 3.05) is 26.4 Å². The molecule has 5 heteroatoms. The van der Waals surface area contributed by atoms with Crippen molar-refractivity contribution in [3.05, 3.63) is 28.8 Å². The predicted molar refractivity (Wildman–Crippen MR) is 80.5 cm³/mol. The van der Waals surface area contributed by atoms with E-state index in [0.29, 0.717) is 22.2 Å². The Morgan fingerprint density at radius 3 is 2.47 bits per heavy atom. The first kappa shape index (κ1) is 15.8. The number of nitrogen functional groups attached to an aromatic ring is 1. The Bertz CT molecular complexity index is 426. The molecule has 0 aromatic heterocycles. The van der Waals surface area contributed by atoms with E-state index in [0.717, 1.165) is 6.54 Å². The van der Waals surface area contributed by atoms with Crippen molar-refractivity contribution in [2.24, 2.45) is 5.92 Å². The highest BCUT2D eigenvalue weighted by Crippen LogP contribution is 2.17. The summed E-state index contributed by atoms with van der Waals surface area (Å²) < 4.78 is 0. The van der Waals surface area contributed by atoms with Crippen molar-refractivity contribution in [1.29, 1.82) is 0 Å². The SMILES string of the molecule is CC(C)C(CN(C)C)NC(=O)c1cc(N)cc(Cl)c1. The van der Waals surface area contributed by atoms with Crippen LogP contribution >= 0.6 is 11.6 Å². The van der Waals surface area contributed by atoms with Crippen LogP contribution in [0.4, 0.5) is 5.69 Å². The summed E-state index contributed by atoms with van der Waals surface area (Å²) in [6, 6.07) is 4.97. The molecule has 3 N–H and O–H groups in total. The van der Waals surface area contributed by atoms with Crippen LogP contribution in [0.25, 0.3) is 0 Å². The molecule has 0 fully saturated rings. The monoisotopic (exact) mass is 283 g/mol. The normalized spacial score (nSPS) is 12.8. The number of likely N-dealkylation sites (N-methyl/N-ethyl adjacent to an activating group) is 1. The minimum atomic E-state index is -0.144. The Morgan fingerprint density at radius 1 is 1.37 bits per heavy atom. The fourth-order valence-corrected chi connectivity index (χ4v) is 2.06. The molecule has 0 radical (unpaired) electrons. The second-order valence-electron chi connectivity index (χ2n) is 5.36. The van der Waals surface area contributed by atoms with E-state index in [1.54, 1.807) is 18.2 Å². The average Bonchev–Trinajstić information content (AvgIpc) is 2.25. The number of carbonyl (C=O) groups excluding carboxylic acids is 1. The van der Waals surface area contributed by atoms with Gasteiger partial charge in [-0.05, 0) is 38.2 Å². The molecule has 1 aromatic carbocycles. The second-order valence-corrected chi connectivity index (χ2v) is 5.80. The number of benzene rings is 1.